The van der Waals surface area contributed by atoms with Crippen LogP contribution in [0.5, 0.6) is 0 Å². The van der Waals surface area contributed by atoms with Crippen molar-refractivity contribution in [1.82, 2.24) is 14.7 Å². The van der Waals surface area contributed by atoms with Crippen LogP contribution in [0.3, 0.4) is 0 Å². The van der Waals surface area contributed by atoms with Crippen molar-refractivity contribution in [2.24, 2.45) is 0 Å². The number of nitriles is 1. The summed E-state index contributed by atoms with van der Waals surface area (Å²) in [7, 11) is 1.75. The highest BCUT2D eigenvalue weighted by Gasteiger charge is 2.33. The smallest absolute Gasteiger partial charge is 0.410 e. The van der Waals surface area contributed by atoms with E-state index in [0.717, 1.165) is 6.42 Å². The molecule has 0 aromatic carbocycles. The minimum absolute atomic E-state index is 0.0216. The lowest BCUT2D eigenvalue weighted by atomic mass is 10.2. The van der Waals surface area contributed by atoms with E-state index in [0.29, 0.717) is 29.1 Å². The van der Waals surface area contributed by atoms with Gasteiger partial charge in [0.15, 0.2) is 0 Å². The minimum atomic E-state index is -0.506. The van der Waals surface area contributed by atoms with E-state index in [-0.39, 0.29) is 12.1 Å². The number of nitrogens with zero attached hydrogens (tertiary/aromatic N) is 4. The summed E-state index contributed by atoms with van der Waals surface area (Å²) in [4.78, 5) is 13.8. The fraction of sp³-hybridized carbons (Fsp3) is 0.643. The van der Waals surface area contributed by atoms with E-state index in [2.05, 4.69) is 32.4 Å². The largest absolute Gasteiger partial charge is 0.444 e. The molecular weight excluding hydrogens is 350 g/mol. The highest BCUT2D eigenvalue weighted by atomic mass is 79.9. The maximum Gasteiger partial charge on any atom is 0.410 e. The number of ether oxygens (including phenoxy) is 1. The van der Waals surface area contributed by atoms with Crippen LogP contribution < -0.4 is 5.32 Å². The molecule has 8 heteroatoms. The molecule has 1 saturated heterocycles. The van der Waals surface area contributed by atoms with Crippen molar-refractivity contribution >= 4 is 27.8 Å². The molecule has 0 radical (unpaired) electrons. The molecule has 1 aromatic heterocycles. The standard InChI is InChI=1S/C14H20BrN5O2/c1-14(2,3)22-13(21)19-6-5-9(8-19)20-12(17-4)10(7-16)11(15)18-20/h9,17H,5-6,8H2,1-4H3/t9-/m0/s1. The number of aromatic nitrogens is 2. The Morgan fingerprint density at radius 1 is 1.55 bits per heavy atom. The molecule has 1 atom stereocenters. The van der Waals surface area contributed by atoms with Gasteiger partial charge in [0.1, 0.15) is 27.7 Å². The lowest BCUT2D eigenvalue weighted by Crippen LogP contribution is -2.35. The molecule has 1 amide bonds. The van der Waals surface area contributed by atoms with Crippen LogP contribution in [0.25, 0.3) is 0 Å². The SMILES string of the molecule is CNc1c(C#N)c(Br)nn1[C@H]1CCN(C(=O)OC(C)(C)C)C1. The summed E-state index contributed by atoms with van der Waals surface area (Å²) >= 11 is 3.30. The van der Waals surface area contributed by atoms with Gasteiger partial charge in [-0.3, -0.25) is 0 Å². The first-order valence-corrected chi connectivity index (χ1v) is 7.90. The Morgan fingerprint density at radius 3 is 2.77 bits per heavy atom. The van der Waals surface area contributed by atoms with E-state index in [1.54, 1.807) is 16.6 Å². The number of hydrogen-bond donors (Lipinski definition) is 1. The van der Waals surface area contributed by atoms with Crippen molar-refractivity contribution < 1.29 is 9.53 Å². The molecule has 1 fully saturated rings. The van der Waals surface area contributed by atoms with Gasteiger partial charge in [-0.25, -0.2) is 9.48 Å². The highest BCUT2D eigenvalue weighted by molar-refractivity contribution is 9.10. The number of carbonyl (C=O) groups excluding carboxylic acids is 1. The number of rotatable bonds is 2. The van der Waals surface area contributed by atoms with Gasteiger partial charge >= 0.3 is 6.09 Å². The predicted molar refractivity (Wildman–Crippen MR) is 85.6 cm³/mol. The average molecular weight is 370 g/mol. The molecule has 0 bridgehead atoms. The summed E-state index contributed by atoms with van der Waals surface area (Å²) in [6, 6.07) is 2.15. The molecule has 120 valence electrons. The van der Waals surface area contributed by atoms with E-state index in [1.807, 2.05) is 20.8 Å². The van der Waals surface area contributed by atoms with Crippen molar-refractivity contribution in [2.45, 2.75) is 38.8 Å². The van der Waals surface area contributed by atoms with E-state index in [1.165, 1.54) is 0 Å². The zero-order valence-electron chi connectivity index (χ0n) is 13.2. The molecule has 1 aliphatic rings. The Labute approximate surface area is 138 Å². The Morgan fingerprint density at radius 2 is 2.23 bits per heavy atom. The zero-order valence-corrected chi connectivity index (χ0v) is 14.8. The average Bonchev–Trinajstić information content (AvgIpc) is 3.00. The molecule has 1 aromatic rings. The predicted octanol–water partition coefficient (Wildman–Crippen LogP) is 2.74. The highest BCUT2D eigenvalue weighted by Crippen LogP contribution is 2.31. The third-order valence-corrected chi connectivity index (χ3v) is 3.93. The van der Waals surface area contributed by atoms with Gasteiger partial charge in [-0.05, 0) is 43.1 Å². The number of carbonyl (C=O) groups is 1. The van der Waals surface area contributed by atoms with Crippen LogP contribution in [0.15, 0.2) is 4.60 Å². The van der Waals surface area contributed by atoms with Crippen LogP contribution in [0.1, 0.15) is 38.8 Å². The third-order valence-electron chi connectivity index (χ3n) is 3.38. The molecule has 2 rings (SSSR count). The Kier molecular flexibility index (Phi) is 4.66. The number of likely N-dealkylation sites (tertiary alicyclic amines) is 1. The Bertz CT molecular complexity index is 614. The summed E-state index contributed by atoms with van der Waals surface area (Å²) in [5, 5.41) is 16.6. The van der Waals surface area contributed by atoms with Crippen molar-refractivity contribution in [2.75, 3.05) is 25.5 Å². The molecule has 2 heterocycles. The number of halogens is 1. The van der Waals surface area contributed by atoms with E-state index < -0.39 is 5.60 Å². The quantitative estimate of drug-likeness (QED) is 0.866. The van der Waals surface area contributed by atoms with Gasteiger partial charge < -0.3 is 15.0 Å². The van der Waals surface area contributed by atoms with Gasteiger partial charge in [-0.15, -0.1) is 0 Å². The van der Waals surface area contributed by atoms with E-state index in [4.69, 9.17) is 4.74 Å². The molecule has 0 unspecified atom stereocenters. The van der Waals surface area contributed by atoms with Crippen LogP contribution in [0, 0.1) is 11.3 Å². The lowest BCUT2D eigenvalue weighted by molar-refractivity contribution is 0.0288. The lowest BCUT2D eigenvalue weighted by Gasteiger charge is -2.24. The van der Waals surface area contributed by atoms with Crippen LogP contribution in [0.4, 0.5) is 10.6 Å². The molecular formula is C14H20BrN5O2. The first-order valence-electron chi connectivity index (χ1n) is 7.10. The van der Waals surface area contributed by atoms with Crippen LogP contribution in [0.2, 0.25) is 0 Å². The van der Waals surface area contributed by atoms with Crippen molar-refractivity contribution in [3.8, 4) is 6.07 Å². The number of nitrogens with one attached hydrogen (secondary N) is 1. The first-order chi connectivity index (χ1) is 10.3. The summed E-state index contributed by atoms with van der Waals surface area (Å²) in [5.74, 6) is 0.658. The monoisotopic (exact) mass is 369 g/mol. The molecule has 0 saturated carbocycles. The molecule has 0 spiro atoms. The van der Waals surface area contributed by atoms with Crippen molar-refractivity contribution in [1.29, 1.82) is 5.26 Å². The Hall–Kier alpha value is -1.75. The minimum Gasteiger partial charge on any atom is -0.444 e. The summed E-state index contributed by atoms with van der Waals surface area (Å²) in [6.45, 7) is 6.68. The topological polar surface area (TPSA) is 83.2 Å². The maximum atomic E-state index is 12.1. The van der Waals surface area contributed by atoms with Gasteiger partial charge in [-0.1, -0.05) is 0 Å². The van der Waals surface area contributed by atoms with Crippen molar-refractivity contribution in [3.05, 3.63) is 10.2 Å². The fourth-order valence-corrected chi connectivity index (χ4v) is 2.89. The molecule has 22 heavy (non-hydrogen) atoms. The van der Waals surface area contributed by atoms with Crippen LogP contribution in [-0.4, -0.2) is 46.5 Å². The van der Waals surface area contributed by atoms with Gasteiger partial charge in [0.25, 0.3) is 0 Å². The van der Waals surface area contributed by atoms with E-state index in [9.17, 15) is 10.1 Å². The number of amides is 1. The van der Waals surface area contributed by atoms with Crippen LogP contribution in [-0.2, 0) is 4.74 Å². The second-order valence-electron chi connectivity index (χ2n) is 6.19. The van der Waals surface area contributed by atoms with Gasteiger partial charge in [0, 0.05) is 20.1 Å². The molecule has 1 N–H and O–H groups in total. The fourth-order valence-electron chi connectivity index (χ4n) is 2.44. The van der Waals surface area contributed by atoms with Gasteiger partial charge in [-0.2, -0.15) is 10.4 Å². The second-order valence-corrected chi connectivity index (χ2v) is 6.94. The molecule has 1 aliphatic heterocycles. The van der Waals surface area contributed by atoms with Crippen LogP contribution >= 0.6 is 15.9 Å². The maximum absolute atomic E-state index is 12.1. The van der Waals surface area contributed by atoms with Gasteiger partial charge in [0.05, 0.1) is 6.04 Å². The van der Waals surface area contributed by atoms with Crippen molar-refractivity contribution in [3.63, 3.8) is 0 Å². The zero-order chi connectivity index (χ0) is 16.5. The normalized spacial score (nSPS) is 18.2. The molecule has 7 nitrogen and oxygen atoms in total. The third kappa shape index (κ3) is 3.35. The second kappa shape index (κ2) is 6.16. The number of hydrogen-bond acceptors (Lipinski definition) is 5. The first kappa shape index (κ1) is 16.6. The summed E-state index contributed by atoms with van der Waals surface area (Å²) in [6.07, 6.45) is 0.458. The summed E-state index contributed by atoms with van der Waals surface area (Å²) < 4.78 is 7.67. The van der Waals surface area contributed by atoms with Gasteiger partial charge in [0.2, 0.25) is 0 Å². The molecule has 0 aliphatic carbocycles. The number of anilines is 1. The van der Waals surface area contributed by atoms with E-state index >= 15 is 0 Å². The summed E-state index contributed by atoms with van der Waals surface area (Å²) in [5.41, 5.74) is -0.0354. The Balaban J connectivity index is 2.14.